The molecule has 4 heteroatoms. The van der Waals surface area contributed by atoms with E-state index in [4.69, 9.17) is 10.5 Å². The average Bonchev–Trinajstić information content (AvgIpc) is 2.37. The fourth-order valence-corrected chi connectivity index (χ4v) is 3.12. The molecule has 1 aliphatic heterocycles. The van der Waals surface area contributed by atoms with Gasteiger partial charge in [0.05, 0.1) is 19.3 Å². The molecule has 4 nitrogen and oxygen atoms in total. The van der Waals surface area contributed by atoms with E-state index in [1.54, 1.807) is 25.3 Å². The lowest BCUT2D eigenvalue weighted by Crippen LogP contribution is -2.41. The summed E-state index contributed by atoms with van der Waals surface area (Å²) in [7, 11) is 1.57. The van der Waals surface area contributed by atoms with Gasteiger partial charge < -0.3 is 10.5 Å². The first-order chi connectivity index (χ1) is 9.49. The highest BCUT2D eigenvalue weighted by molar-refractivity contribution is 5.98. The summed E-state index contributed by atoms with van der Waals surface area (Å²) >= 11 is 0. The quantitative estimate of drug-likeness (QED) is 0.678. The molecule has 0 saturated carbocycles. The van der Waals surface area contributed by atoms with Crippen molar-refractivity contribution in [2.45, 2.75) is 20.3 Å². The topological polar surface area (TPSA) is 55.6 Å². The molecular formula is C16H24N2O2. The van der Waals surface area contributed by atoms with Crippen LogP contribution in [-0.2, 0) is 0 Å². The number of nitrogens with zero attached hydrogens (tertiary/aromatic N) is 1. The van der Waals surface area contributed by atoms with Crippen LogP contribution in [0.4, 0.5) is 5.69 Å². The second-order valence-corrected chi connectivity index (χ2v) is 6.02. The third kappa shape index (κ3) is 3.51. The van der Waals surface area contributed by atoms with E-state index in [1.165, 1.54) is 6.42 Å². The Morgan fingerprint density at radius 3 is 2.55 bits per heavy atom. The van der Waals surface area contributed by atoms with Crippen LogP contribution < -0.4 is 10.5 Å². The van der Waals surface area contributed by atoms with Gasteiger partial charge in [0.25, 0.3) is 0 Å². The summed E-state index contributed by atoms with van der Waals surface area (Å²) in [6.45, 7) is 6.97. The summed E-state index contributed by atoms with van der Waals surface area (Å²) in [5, 5.41) is 0. The van der Waals surface area contributed by atoms with Crippen LogP contribution in [0.1, 0.15) is 30.6 Å². The van der Waals surface area contributed by atoms with Gasteiger partial charge >= 0.3 is 0 Å². The number of hydrogen-bond donors (Lipinski definition) is 1. The van der Waals surface area contributed by atoms with Crippen molar-refractivity contribution in [1.29, 1.82) is 0 Å². The number of ketones is 1. The fourth-order valence-electron chi connectivity index (χ4n) is 3.12. The van der Waals surface area contributed by atoms with Gasteiger partial charge in [-0.15, -0.1) is 0 Å². The molecule has 1 aromatic rings. The molecule has 0 aromatic heterocycles. The summed E-state index contributed by atoms with van der Waals surface area (Å²) in [5.74, 6) is 2.06. The molecule has 1 heterocycles. The van der Waals surface area contributed by atoms with Crippen molar-refractivity contribution < 1.29 is 9.53 Å². The third-order valence-electron chi connectivity index (χ3n) is 3.86. The van der Waals surface area contributed by atoms with E-state index in [0.717, 1.165) is 13.1 Å². The molecular weight excluding hydrogens is 252 g/mol. The van der Waals surface area contributed by atoms with Crippen molar-refractivity contribution in [2.24, 2.45) is 11.8 Å². The van der Waals surface area contributed by atoms with E-state index in [2.05, 4.69) is 18.7 Å². The van der Waals surface area contributed by atoms with Crippen molar-refractivity contribution >= 4 is 11.5 Å². The van der Waals surface area contributed by atoms with Gasteiger partial charge in [-0.2, -0.15) is 0 Å². The number of anilines is 1. The average molecular weight is 276 g/mol. The van der Waals surface area contributed by atoms with Crippen LogP contribution in [0.5, 0.6) is 5.75 Å². The summed E-state index contributed by atoms with van der Waals surface area (Å²) in [4.78, 5) is 14.6. The number of methoxy groups -OCH3 is 1. The number of piperidine rings is 1. The molecule has 1 aliphatic rings. The van der Waals surface area contributed by atoms with E-state index in [0.29, 0.717) is 35.4 Å². The summed E-state index contributed by atoms with van der Waals surface area (Å²) in [6, 6.07) is 5.25. The monoisotopic (exact) mass is 276 g/mol. The molecule has 0 spiro atoms. The van der Waals surface area contributed by atoms with Crippen LogP contribution in [-0.4, -0.2) is 37.4 Å². The van der Waals surface area contributed by atoms with E-state index < -0.39 is 0 Å². The number of rotatable bonds is 4. The van der Waals surface area contributed by atoms with E-state index in [9.17, 15) is 4.79 Å². The molecule has 0 amide bonds. The van der Waals surface area contributed by atoms with Gasteiger partial charge in [0.15, 0.2) is 5.78 Å². The standard InChI is InChI=1S/C16H24N2O2/c1-11-6-12(2)9-18(8-11)10-15(19)13-4-5-16(20-3)14(17)7-13/h4-5,7,11-12H,6,8-10,17H2,1-3H3. The van der Waals surface area contributed by atoms with Gasteiger partial charge in [0.2, 0.25) is 0 Å². The minimum absolute atomic E-state index is 0.126. The molecule has 2 rings (SSSR count). The van der Waals surface area contributed by atoms with Gasteiger partial charge in [-0.3, -0.25) is 9.69 Å². The first-order valence-corrected chi connectivity index (χ1v) is 7.18. The molecule has 2 atom stereocenters. The van der Waals surface area contributed by atoms with Gasteiger partial charge in [-0.05, 0) is 36.5 Å². The van der Waals surface area contributed by atoms with E-state index in [1.807, 2.05) is 0 Å². The van der Waals surface area contributed by atoms with Crippen LogP contribution in [0.25, 0.3) is 0 Å². The lowest BCUT2D eigenvalue weighted by Gasteiger charge is -2.34. The van der Waals surface area contributed by atoms with Gasteiger partial charge in [0, 0.05) is 18.7 Å². The highest BCUT2D eigenvalue weighted by Crippen LogP contribution is 2.24. The predicted octanol–water partition coefficient (Wildman–Crippen LogP) is 2.44. The maximum absolute atomic E-state index is 12.3. The molecule has 20 heavy (non-hydrogen) atoms. The van der Waals surface area contributed by atoms with Crippen molar-refractivity contribution in [3.63, 3.8) is 0 Å². The minimum atomic E-state index is 0.126. The van der Waals surface area contributed by atoms with Gasteiger partial charge in [-0.1, -0.05) is 13.8 Å². The summed E-state index contributed by atoms with van der Waals surface area (Å²) in [6.07, 6.45) is 1.25. The number of Topliss-reactive ketones (excluding diaryl/α,β-unsaturated/α-hetero) is 1. The van der Waals surface area contributed by atoms with Gasteiger partial charge in [-0.25, -0.2) is 0 Å². The number of hydrogen-bond acceptors (Lipinski definition) is 4. The second-order valence-electron chi connectivity index (χ2n) is 6.02. The number of likely N-dealkylation sites (tertiary alicyclic amines) is 1. The number of nitrogens with two attached hydrogens (primary N) is 1. The fraction of sp³-hybridized carbons (Fsp3) is 0.562. The summed E-state index contributed by atoms with van der Waals surface area (Å²) < 4.78 is 5.11. The Morgan fingerprint density at radius 1 is 1.35 bits per heavy atom. The Kier molecular flexibility index (Phi) is 4.65. The maximum Gasteiger partial charge on any atom is 0.176 e. The Morgan fingerprint density at radius 2 is 2.00 bits per heavy atom. The Labute approximate surface area is 120 Å². The molecule has 1 saturated heterocycles. The first-order valence-electron chi connectivity index (χ1n) is 7.18. The van der Waals surface area contributed by atoms with E-state index in [-0.39, 0.29) is 5.78 Å². The summed E-state index contributed by atoms with van der Waals surface area (Å²) in [5.41, 5.74) is 7.03. The molecule has 1 aromatic carbocycles. The second kappa shape index (κ2) is 6.27. The Bertz CT molecular complexity index is 477. The van der Waals surface area contributed by atoms with Crippen molar-refractivity contribution in [3.8, 4) is 5.75 Å². The highest BCUT2D eigenvalue weighted by Gasteiger charge is 2.23. The van der Waals surface area contributed by atoms with Crippen molar-refractivity contribution in [2.75, 3.05) is 32.5 Å². The molecule has 2 N–H and O–H groups in total. The van der Waals surface area contributed by atoms with Crippen LogP contribution in [0, 0.1) is 11.8 Å². The molecule has 2 unspecified atom stereocenters. The van der Waals surface area contributed by atoms with Crippen molar-refractivity contribution in [1.82, 2.24) is 4.90 Å². The highest BCUT2D eigenvalue weighted by atomic mass is 16.5. The van der Waals surface area contributed by atoms with Crippen LogP contribution in [0.15, 0.2) is 18.2 Å². The lowest BCUT2D eigenvalue weighted by molar-refractivity contribution is 0.0849. The molecule has 0 radical (unpaired) electrons. The predicted molar refractivity (Wildman–Crippen MR) is 81.1 cm³/mol. The van der Waals surface area contributed by atoms with E-state index >= 15 is 0 Å². The van der Waals surface area contributed by atoms with Crippen LogP contribution in [0.3, 0.4) is 0 Å². The van der Waals surface area contributed by atoms with Crippen LogP contribution >= 0.6 is 0 Å². The number of carbonyl (C=O) groups excluding carboxylic acids is 1. The zero-order chi connectivity index (χ0) is 14.7. The maximum atomic E-state index is 12.3. The molecule has 110 valence electrons. The number of nitrogen functional groups attached to an aromatic ring is 1. The zero-order valence-corrected chi connectivity index (χ0v) is 12.6. The Hall–Kier alpha value is -1.55. The number of carbonyl (C=O) groups is 1. The van der Waals surface area contributed by atoms with Crippen LogP contribution in [0.2, 0.25) is 0 Å². The Balaban J connectivity index is 2.02. The molecule has 0 aliphatic carbocycles. The SMILES string of the molecule is COc1ccc(C(=O)CN2CC(C)CC(C)C2)cc1N. The van der Waals surface area contributed by atoms with Crippen molar-refractivity contribution in [3.05, 3.63) is 23.8 Å². The smallest absolute Gasteiger partial charge is 0.176 e. The van der Waals surface area contributed by atoms with Gasteiger partial charge in [0.1, 0.15) is 5.75 Å². The first kappa shape index (κ1) is 14.9. The number of ether oxygens (including phenoxy) is 1. The molecule has 1 fully saturated rings. The normalized spacial score (nSPS) is 23.6. The largest absolute Gasteiger partial charge is 0.495 e. The molecule has 0 bridgehead atoms. The zero-order valence-electron chi connectivity index (χ0n) is 12.6. The third-order valence-corrected chi connectivity index (χ3v) is 3.86. The lowest BCUT2D eigenvalue weighted by atomic mass is 9.91. The number of benzene rings is 1. The minimum Gasteiger partial charge on any atom is -0.495 e.